The van der Waals surface area contributed by atoms with Crippen molar-refractivity contribution in [3.8, 4) is 0 Å². The van der Waals surface area contributed by atoms with Crippen molar-refractivity contribution in [2.24, 2.45) is 5.92 Å². The molecule has 134 valence electrons. The minimum atomic E-state index is -0.893. The van der Waals surface area contributed by atoms with Crippen LogP contribution in [0.5, 0.6) is 0 Å². The Hall–Kier alpha value is -2.15. The molecule has 2 N–H and O–H groups in total. The summed E-state index contributed by atoms with van der Waals surface area (Å²) in [5.41, 5.74) is -0.947. The summed E-state index contributed by atoms with van der Waals surface area (Å²) in [5, 5.41) is 5.31. The van der Waals surface area contributed by atoms with Crippen LogP contribution in [0, 0.1) is 11.7 Å². The van der Waals surface area contributed by atoms with Gasteiger partial charge >= 0.3 is 6.03 Å². The van der Waals surface area contributed by atoms with Crippen LogP contribution in [0.1, 0.15) is 32.6 Å². The number of benzene rings is 1. The predicted molar refractivity (Wildman–Crippen MR) is 90.6 cm³/mol. The van der Waals surface area contributed by atoms with Gasteiger partial charge in [-0.05, 0) is 49.8 Å². The summed E-state index contributed by atoms with van der Waals surface area (Å²) in [5.74, 6) is -1.20. The summed E-state index contributed by atoms with van der Waals surface area (Å²) in [7, 11) is 0. The average molecular weight is 368 g/mol. The van der Waals surface area contributed by atoms with Gasteiger partial charge in [0.15, 0.2) is 0 Å². The van der Waals surface area contributed by atoms with E-state index in [9.17, 15) is 18.8 Å². The Kier molecular flexibility index (Phi) is 4.69. The van der Waals surface area contributed by atoms with Gasteiger partial charge < -0.3 is 10.6 Å². The van der Waals surface area contributed by atoms with Crippen LogP contribution >= 0.6 is 11.6 Å². The fourth-order valence-corrected chi connectivity index (χ4v) is 3.50. The van der Waals surface area contributed by atoms with E-state index in [0.29, 0.717) is 18.8 Å². The second-order valence-electron chi connectivity index (χ2n) is 6.76. The molecule has 0 radical (unpaired) electrons. The number of halogens is 2. The topological polar surface area (TPSA) is 78.5 Å². The standard InChI is InChI=1S/C17H19ClFN3O3/c1-10-4-6-17(7-5-10)15(24)22(16(25)21-17)9-14(23)20-13-3-2-11(18)8-12(13)19/h2-3,8,10H,4-7,9H2,1H3,(H,20,23)(H,21,25). The minimum Gasteiger partial charge on any atom is -0.323 e. The number of carbonyl (C=O) groups is 3. The van der Waals surface area contributed by atoms with Crippen molar-refractivity contribution in [1.29, 1.82) is 0 Å². The molecule has 6 nitrogen and oxygen atoms in total. The zero-order valence-electron chi connectivity index (χ0n) is 13.8. The number of hydrogen-bond donors (Lipinski definition) is 2. The van der Waals surface area contributed by atoms with Crippen molar-refractivity contribution in [2.45, 2.75) is 38.1 Å². The van der Waals surface area contributed by atoms with Crippen molar-refractivity contribution in [3.05, 3.63) is 29.0 Å². The lowest BCUT2D eigenvalue weighted by molar-refractivity contribution is -0.135. The summed E-state index contributed by atoms with van der Waals surface area (Å²) in [6, 6.07) is 3.26. The maximum atomic E-state index is 13.7. The Morgan fingerprint density at radius 1 is 1.40 bits per heavy atom. The van der Waals surface area contributed by atoms with Gasteiger partial charge in [0.05, 0.1) is 5.69 Å². The van der Waals surface area contributed by atoms with E-state index in [2.05, 4.69) is 17.6 Å². The number of carbonyl (C=O) groups excluding carboxylic acids is 3. The largest absolute Gasteiger partial charge is 0.325 e. The van der Waals surface area contributed by atoms with Crippen molar-refractivity contribution in [1.82, 2.24) is 10.2 Å². The molecule has 1 aromatic rings. The SMILES string of the molecule is CC1CCC2(CC1)NC(=O)N(CC(=O)Nc1ccc(Cl)cc1F)C2=O. The Balaban J connectivity index is 1.67. The Labute approximate surface area is 149 Å². The van der Waals surface area contributed by atoms with Gasteiger partial charge in [-0.25, -0.2) is 9.18 Å². The molecule has 1 saturated carbocycles. The highest BCUT2D eigenvalue weighted by molar-refractivity contribution is 6.30. The van der Waals surface area contributed by atoms with E-state index in [0.717, 1.165) is 23.8 Å². The molecule has 0 atom stereocenters. The molecule has 1 aliphatic heterocycles. The molecule has 3 rings (SSSR count). The Bertz CT molecular complexity index is 732. The van der Waals surface area contributed by atoms with Crippen LogP contribution in [0.4, 0.5) is 14.9 Å². The van der Waals surface area contributed by atoms with Crippen LogP contribution in [-0.4, -0.2) is 34.8 Å². The molecule has 2 fully saturated rings. The molecular weight excluding hydrogens is 349 g/mol. The molecule has 8 heteroatoms. The van der Waals surface area contributed by atoms with E-state index in [1.165, 1.54) is 12.1 Å². The average Bonchev–Trinajstić information content (AvgIpc) is 2.78. The lowest BCUT2D eigenvalue weighted by Crippen LogP contribution is -2.49. The third-order valence-corrected chi connectivity index (χ3v) is 5.12. The molecule has 25 heavy (non-hydrogen) atoms. The molecule has 1 saturated heterocycles. The third kappa shape index (κ3) is 3.46. The second kappa shape index (κ2) is 6.63. The second-order valence-corrected chi connectivity index (χ2v) is 7.19. The highest BCUT2D eigenvalue weighted by Gasteiger charge is 2.52. The highest BCUT2D eigenvalue weighted by Crippen LogP contribution is 2.36. The van der Waals surface area contributed by atoms with Crippen LogP contribution < -0.4 is 10.6 Å². The smallest absolute Gasteiger partial charge is 0.323 e. The van der Waals surface area contributed by atoms with Gasteiger partial charge in [-0.15, -0.1) is 0 Å². The molecule has 0 bridgehead atoms. The lowest BCUT2D eigenvalue weighted by atomic mass is 9.77. The van der Waals surface area contributed by atoms with Gasteiger partial charge in [0.25, 0.3) is 5.91 Å². The van der Waals surface area contributed by atoms with Gasteiger partial charge in [0.1, 0.15) is 17.9 Å². The van der Waals surface area contributed by atoms with Crippen LogP contribution in [0.15, 0.2) is 18.2 Å². The number of rotatable bonds is 3. The fraction of sp³-hybridized carbons (Fsp3) is 0.471. The first-order valence-corrected chi connectivity index (χ1v) is 8.57. The zero-order valence-corrected chi connectivity index (χ0v) is 14.5. The van der Waals surface area contributed by atoms with Gasteiger partial charge in [0, 0.05) is 5.02 Å². The molecular formula is C17H19ClFN3O3. The highest BCUT2D eigenvalue weighted by atomic mass is 35.5. The van der Waals surface area contributed by atoms with E-state index >= 15 is 0 Å². The lowest BCUT2D eigenvalue weighted by Gasteiger charge is -2.33. The maximum Gasteiger partial charge on any atom is 0.325 e. The molecule has 1 aliphatic carbocycles. The number of nitrogens with one attached hydrogen (secondary N) is 2. The number of amides is 4. The normalized spacial score (nSPS) is 26.0. The molecule has 1 spiro atoms. The molecule has 2 aliphatic rings. The molecule has 0 aromatic heterocycles. The van der Waals surface area contributed by atoms with Crippen LogP contribution in [0.3, 0.4) is 0 Å². The van der Waals surface area contributed by atoms with Gasteiger partial charge in [-0.2, -0.15) is 0 Å². The number of urea groups is 1. The fourth-order valence-electron chi connectivity index (χ4n) is 3.34. The number of hydrogen-bond acceptors (Lipinski definition) is 3. The monoisotopic (exact) mass is 367 g/mol. The maximum absolute atomic E-state index is 13.7. The van der Waals surface area contributed by atoms with Crippen LogP contribution in [0.25, 0.3) is 0 Å². The van der Waals surface area contributed by atoms with E-state index in [1.54, 1.807) is 0 Å². The van der Waals surface area contributed by atoms with Crippen molar-refractivity contribution < 1.29 is 18.8 Å². The minimum absolute atomic E-state index is 0.0531. The third-order valence-electron chi connectivity index (χ3n) is 4.88. The van der Waals surface area contributed by atoms with E-state index in [4.69, 9.17) is 11.6 Å². The summed E-state index contributed by atoms with van der Waals surface area (Å²) < 4.78 is 13.7. The van der Waals surface area contributed by atoms with Gasteiger partial charge in [-0.3, -0.25) is 14.5 Å². The van der Waals surface area contributed by atoms with Gasteiger partial charge in [-0.1, -0.05) is 18.5 Å². The van der Waals surface area contributed by atoms with E-state index < -0.39 is 29.8 Å². The van der Waals surface area contributed by atoms with E-state index in [1.807, 2.05) is 0 Å². The van der Waals surface area contributed by atoms with Crippen molar-refractivity contribution in [2.75, 3.05) is 11.9 Å². The summed E-state index contributed by atoms with van der Waals surface area (Å²) in [6.07, 6.45) is 2.84. The Morgan fingerprint density at radius 3 is 2.72 bits per heavy atom. The number of anilines is 1. The van der Waals surface area contributed by atoms with Gasteiger partial charge in [0.2, 0.25) is 5.91 Å². The first-order chi connectivity index (χ1) is 11.8. The molecule has 4 amide bonds. The summed E-state index contributed by atoms with van der Waals surface area (Å²) in [4.78, 5) is 37.9. The number of imide groups is 1. The van der Waals surface area contributed by atoms with Crippen molar-refractivity contribution in [3.63, 3.8) is 0 Å². The molecule has 1 heterocycles. The predicted octanol–water partition coefficient (Wildman–Crippen LogP) is 2.92. The van der Waals surface area contributed by atoms with Crippen LogP contribution in [0.2, 0.25) is 5.02 Å². The molecule has 1 aromatic carbocycles. The quantitative estimate of drug-likeness (QED) is 0.806. The van der Waals surface area contributed by atoms with Crippen molar-refractivity contribution >= 4 is 35.1 Å². The first-order valence-electron chi connectivity index (χ1n) is 8.20. The van der Waals surface area contributed by atoms with E-state index in [-0.39, 0.29) is 16.6 Å². The first kappa shape index (κ1) is 17.7. The van der Waals surface area contributed by atoms with Crippen LogP contribution in [-0.2, 0) is 9.59 Å². The Morgan fingerprint density at radius 2 is 2.08 bits per heavy atom. The number of nitrogens with zero attached hydrogens (tertiary/aromatic N) is 1. The zero-order chi connectivity index (χ0) is 18.2. The summed E-state index contributed by atoms with van der Waals surface area (Å²) in [6.45, 7) is 1.66. The summed E-state index contributed by atoms with van der Waals surface area (Å²) >= 11 is 5.66. The molecule has 0 unspecified atom stereocenters.